The van der Waals surface area contributed by atoms with Gasteiger partial charge in [-0.15, -0.1) is 5.10 Å². The Labute approximate surface area is 107 Å². The summed E-state index contributed by atoms with van der Waals surface area (Å²) in [6, 6.07) is 0. The highest BCUT2D eigenvalue weighted by Gasteiger charge is 2.30. The topological polar surface area (TPSA) is 142 Å². The van der Waals surface area contributed by atoms with Gasteiger partial charge in [0.15, 0.2) is 0 Å². The standard InChI is InChI=1S/C10H13N5O4/c11-6(16)3-15(4-7(17)18)10(19)9-12-8(13-14-9)5-1-2-5/h5H,1-4H2,(H2,11,16)(H,17,18)(H,12,13,14). The van der Waals surface area contributed by atoms with Crippen molar-refractivity contribution in [2.24, 2.45) is 5.73 Å². The molecule has 0 spiro atoms. The number of H-pyrrole nitrogens is 1. The summed E-state index contributed by atoms with van der Waals surface area (Å²) < 4.78 is 0. The zero-order valence-corrected chi connectivity index (χ0v) is 10.00. The smallest absolute Gasteiger partial charge is 0.323 e. The van der Waals surface area contributed by atoms with Crippen molar-refractivity contribution in [3.05, 3.63) is 11.6 Å². The Morgan fingerprint density at radius 2 is 2.05 bits per heavy atom. The highest BCUT2D eigenvalue weighted by atomic mass is 16.4. The molecule has 9 nitrogen and oxygen atoms in total. The number of nitrogens with zero attached hydrogens (tertiary/aromatic N) is 3. The van der Waals surface area contributed by atoms with Crippen LogP contribution in [0.15, 0.2) is 0 Å². The van der Waals surface area contributed by atoms with Crippen molar-refractivity contribution in [2.45, 2.75) is 18.8 Å². The van der Waals surface area contributed by atoms with E-state index in [4.69, 9.17) is 10.8 Å². The molecule has 4 N–H and O–H groups in total. The normalized spacial score (nSPS) is 14.1. The number of aromatic amines is 1. The number of aromatic nitrogens is 3. The Bertz CT molecular complexity index is 506. The number of carboxylic acids is 1. The van der Waals surface area contributed by atoms with E-state index in [0.29, 0.717) is 5.82 Å². The van der Waals surface area contributed by atoms with E-state index in [1.54, 1.807) is 0 Å². The summed E-state index contributed by atoms with van der Waals surface area (Å²) in [5, 5.41) is 15.1. The molecule has 2 amide bonds. The number of carbonyl (C=O) groups excluding carboxylic acids is 2. The second kappa shape index (κ2) is 5.04. The molecule has 9 heteroatoms. The third-order valence-corrected chi connectivity index (χ3v) is 2.62. The van der Waals surface area contributed by atoms with Gasteiger partial charge in [-0.3, -0.25) is 19.5 Å². The molecule has 0 aliphatic heterocycles. The van der Waals surface area contributed by atoms with Crippen LogP contribution in [0.25, 0.3) is 0 Å². The van der Waals surface area contributed by atoms with Gasteiger partial charge in [-0.05, 0) is 12.8 Å². The van der Waals surface area contributed by atoms with Gasteiger partial charge >= 0.3 is 5.97 Å². The molecular formula is C10H13N5O4. The minimum atomic E-state index is -1.24. The maximum atomic E-state index is 12.0. The number of carbonyl (C=O) groups is 3. The number of hydrogen-bond donors (Lipinski definition) is 3. The van der Waals surface area contributed by atoms with Gasteiger partial charge in [0.1, 0.15) is 18.9 Å². The first kappa shape index (κ1) is 13.0. The van der Waals surface area contributed by atoms with Crippen molar-refractivity contribution >= 4 is 17.8 Å². The van der Waals surface area contributed by atoms with Crippen LogP contribution in [0.3, 0.4) is 0 Å². The third kappa shape index (κ3) is 3.27. The van der Waals surface area contributed by atoms with Gasteiger partial charge in [0.2, 0.25) is 11.7 Å². The Morgan fingerprint density at radius 3 is 2.58 bits per heavy atom. The van der Waals surface area contributed by atoms with Crippen LogP contribution < -0.4 is 5.73 Å². The second-order valence-corrected chi connectivity index (χ2v) is 4.34. The number of nitrogens with two attached hydrogens (primary N) is 1. The predicted molar refractivity (Wildman–Crippen MR) is 61.1 cm³/mol. The molecular weight excluding hydrogens is 254 g/mol. The monoisotopic (exact) mass is 267 g/mol. The fraction of sp³-hybridized carbons (Fsp3) is 0.500. The summed E-state index contributed by atoms with van der Waals surface area (Å²) in [7, 11) is 0. The van der Waals surface area contributed by atoms with Gasteiger partial charge in [-0.25, -0.2) is 4.98 Å². The second-order valence-electron chi connectivity index (χ2n) is 4.34. The van der Waals surface area contributed by atoms with Crippen LogP contribution in [0, 0.1) is 0 Å². The van der Waals surface area contributed by atoms with Crippen molar-refractivity contribution in [1.29, 1.82) is 0 Å². The summed E-state index contributed by atoms with van der Waals surface area (Å²) >= 11 is 0. The van der Waals surface area contributed by atoms with E-state index in [0.717, 1.165) is 17.7 Å². The Balaban J connectivity index is 2.11. The lowest BCUT2D eigenvalue weighted by molar-refractivity contribution is -0.138. The number of amides is 2. The summed E-state index contributed by atoms with van der Waals surface area (Å²) in [4.78, 5) is 38.3. The summed E-state index contributed by atoms with van der Waals surface area (Å²) in [5.74, 6) is -2.02. The molecule has 1 fully saturated rings. The van der Waals surface area contributed by atoms with E-state index in [-0.39, 0.29) is 11.7 Å². The van der Waals surface area contributed by atoms with Gasteiger partial charge in [-0.2, -0.15) is 0 Å². The lowest BCUT2D eigenvalue weighted by Gasteiger charge is -2.16. The third-order valence-electron chi connectivity index (χ3n) is 2.62. The van der Waals surface area contributed by atoms with Gasteiger partial charge in [0.05, 0.1) is 0 Å². The lowest BCUT2D eigenvalue weighted by atomic mass is 10.4. The SMILES string of the molecule is NC(=O)CN(CC(=O)O)C(=O)c1n[nH]c(C2CC2)n1. The highest BCUT2D eigenvalue weighted by Crippen LogP contribution is 2.37. The largest absolute Gasteiger partial charge is 0.480 e. The predicted octanol–water partition coefficient (Wildman–Crippen LogP) is -1.31. The molecule has 2 rings (SSSR count). The highest BCUT2D eigenvalue weighted by molar-refractivity contribution is 5.95. The number of nitrogens with one attached hydrogen (secondary N) is 1. The molecule has 0 atom stereocenters. The quantitative estimate of drug-likeness (QED) is 0.584. The molecule has 1 aromatic rings. The Kier molecular flexibility index (Phi) is 3.45. The Morgan fingerprint density at radius 1 is 1.37 bits per heavy atom. The molecule has 0 aromatic carbocycles. The first-order valence-corrected chi connectivity index (χ1v) is 5.69. The van der Waals surface area contributed by atoms with Crippen LogP contribution in [0.4, 0.5) is 0 Å². The molecule has 1 aliphatic carbocycles. The average Bonchev–Trinajstić information content (AvgIpc) is 3.04. The number of aliphatic carboxylic acids is 1. The van der Waals surface area contributed by atoms with Gasteiger partial charge in [0.25, 0.3) is 5.91 Å². The van der Waals surface area contributed by atoms with Crippen LogP contribution in [0.5, 0.6) is 0 Å². The number of hydrogen-bond acceptors (Lipinski definition) is 5. The van der Waals surface area contributed by atoms with Crippen LogP contribution in [-0.4, -0.2) is 56.1 Å². The fourth-order valence-electron chi connectivity index (χ4n) is 1.60. The van der Waals surface area contributed by atoms with Gasteiger partial charge in [0, 0.05) is 5.92 Å². The molecule has 1 heterocycles. The molecule has 102 valence electrons. The first-order valence-electron chi connectivity index (χ1n) is 5.69. The molecule has 19 heavy (non-hydrogen) atoms. The van der Waals surface area contributed by atoms with E-state index >= 15 is 0 Å². The van der Waals surface area contributed by atoms with Gasteiger partial charge < -0.3 is 15.7 Å². The zero-order chi connectivity index (χ0) is 14.0. The Hall–Kier alpha value is -2.45. The van der Waals surface area contributed by atoms with Crippen molar-refractivity contribution in [1.82, 2.24) is 20.1 Å². The molecule has 0 unspecified atom stereocenters. The number of rotatable bonds is 6. The van der Waals surface area contributed by atoms with E-state index in [9.17, 15) is 14.4 Å². The molecule has 1 aliphatic rings. The summed E-state index contributed by atoms with van der Waals surface area (Å²) in [5.41, 5.74) is 4.97. The average molecular weight is 267 g/mol. The zero-order valence-electron chi connectivity index (χ0n) is 10.00. The number of primary amides is 1. The molecule has 0 radical (unpaired) electrons. The molecule has 0 saturated heterocycles. The maximum absolute atomic E-state index is 12.0. The van der Waals surface area contributed by atoms with E-state index < -0.39 is 30.9 Å². The number of carboxylic acid groups (broad SMARTS) is 1. The maximum Gasteiger partial charge on any atom is 0.323 e. The van der Waals surface area contributed by atoms with E-state index in [2.05, 4.69) is 15.2 Å². The van der Waals surface area contributed by atoms with Crippen LogP contribution in [-0.2, 0) is 9.59 Å². The van der Waals surface area contributed by atoms with E-state index in [1.807, 2.05) is 0 Å². The minimum Gasteiger partial charge on any atom is -0.480 e. The minimum absolute atomic E-state index is 0.149. The van der Waals surface area contributed by atoms with Crippen molar-refractivity contribution in [3.8, 4) is 0 Å². The van der Waals surface area contributed by atoms with Crippen molar-refractivity contribution in [2.75, 3.05) is 13.1 Å². The summed E-state index contributed by atoms with van der Waals surface area (Å²) in [6.45, 7) is -1.12. The molecule has 0 bridgehead atoms. The molecule has 1 aromatic heterocycles. The summed E-state index contributed by atoms with van der Waals surface area (Å²) in [6.07, 6.45) is 1.98. The first-order chi connectivity index (χ1) is 8.97. The lowest BCUT2D eigenvalue weighted by Crippen LogP contribution is -2.42. The molecule has 1 saturated carbocycles. The van der Waals surface area contributed by atoms with Crippen LogP contribution >= 0.6 is 0 Å². The van der Waals surface area contributed by atoms with Crippen molar-refractivity contribution in [3.63, 3.8) is 0 Å². The van der Waals surface area contributed by atoms with Crippen molar-refractivity contribution < 1.29 is 19.5 Å². The van der Waals surface area contributed by atoms with Crippen LogP contribution in [0.1, 0.15) is 35.2 Å². The van der Waals surface area contributed by atoms with Gasteiger partial charge in [-0.1, -0.05) is 0 Å². The van der Waals surface area contributed by atoms with Crippen LogP contribution in [0.2, 0.25) is 0 Å². The fourth-order valence-corrected chi connectivity index (χ4v) is 1.60. The van der Waals surface area contributed by atoms with E-state index in [1.165, 1.54) is 0 Å².